The first-order chi connectivity index (χ1) is 9.31. The average molecular weight is 276 g/mol. The molecule has 1 fully saturated rings. The van der Waals surface area contributed by atoms with Gasteiger partial charge in [0.25, 0.3) is 0 Å². The van der Waals surface area contributed by atoms with E-state index in [9.17, 15) is 4.79 Å². The summed E-state index contributed by atoms with van der Waals surface area (Å²) in [5.74, 6) is 0.972. The first-order valence-electron chi connectivity index (χ1n) is 7.02. The first-order valence-corrected chi connectivity index (χ1v) is 7.02. The van der Waals surface area contributed by atoms with Crippen molar-refractivity contribution in [1.29, 1.82) is 0 Å². The van der Waals surface area contributed by atoms with E-state index in [1.54, 1.807) is 7.11 Å². The highest BCUT2D eigenvalue weighted by Gasteiger charge is 2.38. The summed E-state index contributed by atoms with van der Waals surface area (Å²) in [5, 5.41) is 3.36. The van der Waals surface area contributed by atoms with Gasteiger partial charge in [-0.1, -0.05) is 32.9 Å². The number of hydrogen-bond donors (Lipinski definition) is 1. The van der Waals surface area contributed by atoms with Crippen molar-refractivity contribution >= 4 is 5.91 Å². The van der Waals surface area contributed by atoms with Crippen LogP contribution < -0.4 is 10.1 Å². The molecule has 0 aliphatic carbocycles. The summed E-state index contributed by atoms with van der Waals surface area (Å²) in [6, 6.07) is 7.74. The summed E-state index contributed by atoms with van der Waals surface area (Å²) in [4.78, 5) is 14.3. The molecule has 0 aromatic heterocycles. The standard InChI is InChI=1S/C16H24N2O2/c1-11-15(19)18(10-16(2,3)4)14(17-11)12-7-6-8-13(9-12)20-5/h6-9,11,14,17H,10H2,1-5H3. The van der Waals surface area contributed by atoms with Gasteiger partial charge in [-0.3, -0.25) is 10.1 Å². The Labute approximate surface area is 121 Å². The maximum atomic E-state index is 12.4. The van der Waals surface area contributed by atoms with Gasteiger partial charge in [0.15, 0.2) is 0 Å². The number of amides is 1. The molecule has 0 radical (unpaired) electrons. The van der Waals surface area contributed by atoms with Crippen molar-refractivity contribution in [3.63, 3.8) is 0 Å². The third-order valence-electron chi connectivity index (χ3n) is 3.43. The number of ether oxygens (including phenoxy) is 1. The van der Waals surface area contributed by atoms with Crippen LogP contribution in [0.4, 0.5) is 0 Å². The molecule has 0 bridgehead atoms. The molecular weight excluding hydrogens is 252 g/mol. The van der Waals surface area contributed by atoms with E-state index in [0.717, 1.165) is 17.9 Å². The molecule has 1 amide bonds. The van der Waals surface area contributed by atoms with E-state index in [1.807, 2.05) is 36.1 Å². The minimum absolute atomic E-state index is 0.0680. The minimum atomic E-state index is -0.145. The Bertz CT molecular complexity index is 493. The summed E-state index contributed by atoms with van der Waals surface area (Å²) in [6.07, 6.45) is -0.0770. The molecule has 20 heavy (non-hydrogen) atoms. The quantitative estimate of drug-likeness (QED) is 0.922. The Hall–Kier alpha value is -1.55. The fourth-order valence-corrected chi connectivity index (χ4v) is 2.54. The number of carbonyl (C=O) groups excluding carboxylic acids is 1. The average Bonchev–Trinajstić information content (AvgIpc) is 2.65. The predicted molar refractivity (Wildman–Crippen MR) is 79.5 cm³/mol. The van der Waals surface area contributed by atoms with Gasteiger partial charge < -0.3 is 9.64 Å². The largest absolute Gasteiger partial charge is 0.497 e. The molecule has 1 aromatic carbocycles. The summed E-state index contributed by atoms with van der Waals surface area (Å²) < 4.78 is 5.27. The molecule has 0 saturated carbocycles. The van der Waals surface area contributed by atoms with Gasteiger partial charge >= 0.3 is 0 Å². The highest BCUT2D eigenvalue weighted by molar-refractivity contribution is 5.84. The minimum Gasteiger partial charge on any atom is -0.497 e. The van der Waals surface area contributed by atoms with Crippen molar-refractivity contribution in [3.8, 4) is 5.75 Å². The van der Waals surface area contributed by atoms with Crippen LogP contribution in [0.3, 0.4) is 0 Å². The van der Waals surface area contributed by atoms with Crippen LogP contribution in [0.15, 0.2) is 24.3 Å². The lowest BCUT2D eigenvalue weighted by molar-refractivity contribution is -0.131. The molecule has 1 aliphatic heterocycles. The summed E-state index contributed by atoms with van der Waals surface area (Å²) in [5.41, 5.74) is 1.13. The molecule has 1 heterocycles. The fourth-order valence-electron chi connectivity index (χ4n) is 2.54. The van der Waals surface area contributed by atoms with Crippen molar-refractivity contribution in [2.24, 2.45) is 5.41 Å². The summed E-state index contributed by atoms with van der Waals surface area (Å²) in [6.45, 7) is 9.08. The van der Waals surface area contributed by atoms with Crippen LogP contribution in [0.5, 0.6) is 5.75 Å². The van der Waals surface area contributed by atoms with Gasteiger partial charge in [-0.05, 0) is 30.0 Å². The lowest BCUT2D eigenvalue weighted by Crippen LogP contribution is -2.37. The van der Waals surface area contributed by atoms with Crippen molar-refractivity contribution < 1.29 is 9.53 Å². The SMILES string of the molecule is COc1cccc(C2NC(C)C(=O)N2CC(C)(C)C)c1. The Balaban J connectivity index is 2.30. The van der Waals surface area contributed by atoms with Gasteiger partial charge in [0, 0.05) is 6.54 Å². The van der Waals surface area contributed by atoms with E-state index in [4.69, 9.17) is 4.74 Å². The van der Waals surface area contributed by atoms with Crippen LogP contribution in [-0.2, 0) is 4.79 Å². The van der Waals surface area contributed by atoms with Crippen molar-refractivity contribution in [2.45, 2.75) is 39.9 Å². The highest BCUT2D eigenvalue weighted by atomic mass is 16.5. The predicted octanol–water partition coefficient (Wildman–Crippen LogP) is 2.56. The van der Waals surface area contributed by atoms with Crippen LogP contribution >= 0.6 is 0 Å². The number of nitrogens with one attached hydrogen (secondary N) is 1. The number of carbonyl (C=O) groups is 1. The van der Waals surface area contributed by atoms with Gasteiger partial charge in [-0.25, -0.2) is 0 Å². The van der Waals surface area contributed by atoms with Crippen molar-refractivity contribution in [2.75, 3.05) is 13.7 Å². The second-order valence-electron chi connectivity index (χ2n) is 6.59. The van der Waals surface area contributed by atoms with Crippen LogP contribution in [0.25, 0.3) is 0 Å². The van der Waals surface area contributed by atoms with Gasteiger partial charge in [-0.2, -0.15) is 0 Å². The molecule has 4 heteroatoms. The summed E-state index contributed by atoms with van der Waals surface area (Å²) >= 11 is 0. The van der Waals surface area contributed by atoms with Gasteiger partial charge in [0.1, 0.15) is 11.9 Å². The zero-order chi connectivity index (χ0) is 14.9. The maximum Gasteiger partial charge on any atom is 0.241 e. The number of methoxy groups -OCH3 is 1. The Morgan fingerprint density at radius 2 is 2.05 bits per heavy atom. The Morgan fingerprint density at radius 1 is 1.35 bits per heavy atom. The van der Waals surface area contributed by atoms with Gasteiger partial charge in [0.2, 0.25) is 5.91 Å². The molecule has 2 unspecified atom stereocenters. The second kappa shape index (κ2) is 5.44. The van der Waals surface area contributed by atoms with Gasteiger partial charge in [0.05, 0.1) is 13.2 Å². The number of rotatable bonds is 3. The Kier molecular flexibility index (Phi) is 4.04. The smallest absolute Gasteiger partial charge is 0.241 e. The van der Waals surface area contributed by atoms with E-state index >= 15 is 0 Å². The van der Waals surface area contributed by atoms with E-state index < -0.39 is 0 Å². The van der Waals surface area contributed by atoms with Crippen LogP contribution in [0, 0.1) is 5.41 Å². The second-order valence-corrected chi connectivity index (χ2v) is 6.59. The van der Waals surface area contributed by atoms with Crippen molar-refractivity contribution in [1.82, 2.24) is 10.2 Å². The zero-order valence-corrected chi connectivity index (χ0v) is 12.9. The Morgan fingerprint density at radius 3 is 2.65 bits per heavy atom. The number of hydrogen-bond acceptors (Lipinski definition) is 3. The molecule has 1 N–H and O–H groups in total. The van der Waals surface area contributed by atoms with E-state index in [-0.39, 0.29) is 23.5 Å². The molecule has 1 saturated heterocycles. The van der Waals surface area contributed by atoms with E-state index in [2.05, 4.69) is 26.1 Å². The molecule has 0 spiro atoms. The summed E-state index contributed by atoms with van der Waals surface area (Å²) in [7, 11) is 1.65. The third kappa shape index (κ3) is 3.12. The molecule has 110 valence electrons. The van der Waals surface area contributed by atoms with Crippen LogP contribution in [0.1, 0.15) is 39.4 Å². The molecule has 1 aliphatic rings. The number of benzene rings is 1. The van der Waals surface area contributed by atoms with E-state index in [0.29, 0.717) is 0 Å². The number of nitrogens with zero attached hydrogens (tertiary/aromatic N) is 1. The van der Waals surface area contributed by atoms with Crippen LogP contribution in [-0.4, -0.2) is 30.5 Å². The topological polar surface area (TPSA) is 41.6 Å². The molecule has 1 aromatic rings. The fraction of sp³-hybridized carbons (Fsp3) is 0.562. The molecule has 2 rings (SSSR count). The zero-order valence-electron chi connectivity index (χ0n) is 12.9. The molecule has 2 atom stereocenters. The van der Waals surface area contributed by atoms with Crippen molar-refractivity contribution in [3.05, 3.63) is 29.8 Å². The van der Waals surface area contributed by atoms with Gasteiger partial charge in [-0.15, -0.1) is 0 Å². The normalized spacial score (nSPS) is 23.2. The van der Waals surface area contributed by atoms with Crippen LogP contribution in [0.2, 0.25) is 0 Å². The first kappa shape index (κ1) is 14.9. The van der Waals surface area contributed by atoms with E-state index in [1.165, 1.54) is 0 Å². The maximum absolute atomic E-state index is 12.4. The lowest BCUT2D eigenvalue weighted by atomic mass is 9.95. The molecule has 4 nitrogen and oxygen atoms in total. The lowest BCUT2D eigenvalue weighted by Gasteiger charge is -2.31. The monoisotopic (exact) mass is 276 g/mol. The third-order valence-corrected chi connectivity index (χ3v) is 3.43. The molecular formula is C16H24N2O2. The highest BCUT2D eigenvalue weighted by Crippen LogP contribution is 2.30.